The van der Waals surface area contributed by atoms with Gasteiger partial charge in [-0.05, 0) is 67.9 Å². The Morgan fingerprint density at radius 2 is 1.52 bits per heavy atom. The Hall–Kier alpha value is -2.80. The molecule has 1 heterocycles. The lowest BCUT2D eigenvalue weighted by molar-refractivity contribution is 0.221. The van der Waals surface area contributed by atoms with Crippen molar-refractivity contribution in [2.24, 2.45) is 0 Å². The number of halogens is 1. The summed E-state index contributed by atoms with van der Waals surface area (Å²) in [6, 6.07) is 9.90. The van der Waals surface area contributed by atoms with Gasteiger partial charge in [0.15, 0.2) is 5.69 Å². The van der Waals surface area contributed by atoms with Gasteiger partial charge in [-0.15, -0.1) is 0 Å². The molecule has 1 aliphatic heterocycles. The van der Waals surface area contributed by atoms with Gasteiger partial charge in [0.05, 0.1) is 6.57 Å². The van der Waals surface area contributed by atoms with Crippen molar-refractivity contribution in [1.82, 2.24) is 0 Å². The lowest BCUT2D eigenvalue weighted by atomic mass is 9.86. The zero-order chi connectivity index (χ0) is 23.1. The third-order valence-corrected chi connectivity index (χ3v) is 6.15. The average molecular weight is 420 g/mol. The van der Waals surface area contributed by atoms with E-state index in [0.717, 1.165) is 27.9 Å². The van der Waals surface area contributed by atoms with E-state index in [0.29, 0.717) is 5.69 Å². The normalized spacial score (nSPS) is 16.5. The van der Waals surface area contributed by atoms with Crippen LogP contribution < -0.4 is 9.80 Å². The highest BCUT2D eigenvalue weighted by Crippen LogP contribution is 2.43. The van der Waals surface area contributed by atoms with Crippen LogP contribution in [0, 0.1) is 13.5 Å². The van der Waals surface area contributed by atoms with Crippen LogP contribution in [0.1, 0.15) is 82.6 Å². The van der Waals surface area contributed by atoms with E-state index >= 15 is 0 Å². The summed E-state index contributed by atoms with van der Waals surface area (Å²) in [7, 11) is 0. The first-order valence-electron chi connectivity index (χ1n) is 11.1. The molecule has 0 aliphatic carbocycles. The maximum atomic E-state index is 14.9. The summed E-state index contributed by atoms with van der Waals surface area (Å²) in [6.45, 7) is 23.6. The maximum Gasteiger partial charge on any atom is 0.189 e. The van der Waals surface area contributed by atoms with Gasteiger partial charge in [0, 0.05) is 23.8 Å². The minimum atomic E-state index is -1.39. The number of aryl methyl sites for hydroxylation is 1. The van der Waals surface area contributed by atoms with E-state index in [1.807, 2.05) is 30.3 Å². The topological polar surface area (TPSA) is 10.8 Å². The van der Waals surface area contributed by atoms with Gasteiger partial charge in [-0.2, -0.15) is 0 Å². The minimum Gasteiger partial charge on any atom is -0.327 e. The molecule has 3 rings (SSSR count). The van der Waals surface area contributed by atoms with E-state index in [9.17, 15) is 4.39 Å². The molecule has 31 heavy (non-hydrogen) atoms. The van der Waals surface area contributed by atoms with Crippen molar-refractivity contribution in [1.29, 1.82) is 0 Å². The fraction of sp³-hybridized carbons (Fsp3) is 0.444. The largest absolute Gasteiger partial charge is 0.327 e. The van der Waals surface area contributed by atoms with E-state index in [1.165, 1.54) is 5.69 Å². The molecule has 2 aromatic rings. The minimum absolute atomic E-state index is 0.0407. The van der Waals surface area contributed by atoms with Crippen molar-refractivity contribution >= 4 is 17.1 Å². The molecule has 164 valence electrons. The number of alkyl halides is 1. The molecule has 0 N–H and O–H groups in total. The van der Waals surface area contributed by atoms with Gasteiger partial charge in [-0.1, -0.05) is 52.0 Å². The number of anilines is 2. The molecule has 0 aromatic heterocycles. The van der Waals surface area contributed by atoms with Crippen LogP contribution in [-0.2, 0) is 5.67 Å². The Balaban J connectivity index is 2.14. The van der Waals surface area contributed by atoms with Gasteiger partial charge in [0.25, 0.3) is 0 Å². The van der Waals surface area contributed by atoms with Crippen molar-refractivity contribution in [3.63, 3.8) is 0 Å². The fourth-order valence-corrected chi connectivity index (χ4v) is 4.22. The predicted octanol–water partition coefficient (Wildman–Crippen LogP) is 8.14. The molecule has 0 bridgehead atoms. The Morgan fingerprint density at radius 1 is 0.968 bits per heavy atom. The molecule has 4 heteroatoms. The molecule has 0 fully saturated rings. The number of rotatable bonds is 5. The van der Waals surface area contributed by atoms with Crippen molar-refractivity contribution in [2.45, 2.75) is 79.1 Å². The first-order valence-corrected chi connectivity index (χ1v) is 11.1. The molecule has 0 saturated heterocycles. The third kappa shape index (κ3) is 4.32. The molecular weight excluding hydrogens is 385 g/mol. The Labute approximate surface area is 187 Å². The second-order valence-electron chi connectivity index (χ2n) is 9.61. The molecule has 0 amide bonds. The summed E-state index contributed by atoms with van der Waals surface area (Å²) >= 11 is 0. The fourth-order valence-electron chi connectivity index (χ4n) is 4.22. The highest BCUT2D eigenvalue weighted by Gasteiger charge is 2.31. The van der Waals surface area contributed by atoms with E-state index in [2.05, 4.69) is 68.6 Å². The lowest BCUT2D eigenvalue weighted by Crippen LogP contribution is -2.37. The number of hydrogen-bond donors (Lipinski definition) is 0. The summed E-state index contributed by atoms with van der Waals surface area (Å²) in [6.07, 6.45) is 4.24. The second kappa shape index (κ2) is 8.38. The molecule has 1 atom stereocenters. The van der Waals surface area contributed by atoms with Gasteiger partial charge in [0.1, 0.15) is 11.8 Å². The molecular formula is C27H34FN3. The monoisotopic (exact) mass is 419 g/mol. The Morgan fingerprint density at radius 3 is 2.00 bits per heavy atom. The van der Waals surface area contributed by atoms with Crippen LogP contribution in [0.3, 0.4) is 0 Å². The van der Waals surface area contributed by atoms with Gasteiger partial charge in [-0.3, -0.25) is 0 Å². The van der Waals surface area contributed by atoms with Crippen molar-refractivity contribution < 1.29 is 4.39 Å². The van der Waals surface area contributed by atoms with Crippen LogP contribution in [0.15, 0.2) is 42.7 Å². The van der Waals surface area contributed by atoms with Gasteiger partial charge < -0.3 is 9.80 Å². The summed E-state index contributed by atoms with van der Waals surface area (Å²) in [5.74, 6) is 0.522. The van der Waals surface area contributed by atoms with Gasteiger partial charge >= 0.3 is 0 Å². The summed E-state index contributed by atoms with van der Waals surface area (Å²) in [5, 5.41) is 0. The summed E-state index contributed by atoms with van der Waals surface area (Å²) in [5.41, 5.74) is 5.66. The van der Waals surface area contributed by atoms with Crippen LogP contribution in [0.2, 0.25) is 0 Å². The number of benzene rings is 2. The predicted molar refractivity (Wildman–Crippen MR) is 130 cm³/mol. The van der Waals surface area contributed by atoms with Crippen molar-refractivity contribution in [3.05, 3.63) is 76.4 Å². The number of nitrogens with zero attached hydrogens (tertiary/aromatic N) is 3. The average Bonchev–Trinajstić information content (AvgIpc) is 3.07. The quantitative estimate of drug-likeness (QED) is 0.453. The molecule has 0 radical (unpaired) electrons. The van der Waals surface area contributed by atoms with Crippen molar-refractivity contribution in [2.75, 3.05) is 9.80 Å². The standard InChI is InChI=1S/C27H34FN3/c1-17(2)23-14-21(27(7,8)28)15-24(18(3)4)26(23)31-13-12-30(20(31)6)25-16-22(29-9)11-10-19(25)5/h10-18,20H,1-8H3/t20-/m1/s1. The molecule has 2 aromatic carbocycles. The van der Waals surface area contributed by atoms with E-state index in [-0.39, 0.29) is 18.0 Å². The van der Waals surface area contributed by atoms with Gasteiger partial charge in [0.2, 0.25) is 0 Å². The maximum absolute atomic E-state index is 14.9. The first kappa shape index (κ1) is 22.9. The second-order valence-corrected chi connectivity index (χ2v) is 9.61. The highest BCUT2D eigenvalue weighted by molar-refractivity contribution is 5.72. The number of hydrogen-bond acceptors (Lipinski definition) is 2. The van der Waals surface area contributed by atoms with Gasteiger partial charge in [-0.25, -0.2) is 9.24 Å². The zero-order valence-corrected chi connectivity index (χ0v) is 20.0. The van der Waals surface area contributed by atoms with E-state index in [4.69, 9.17) is 6.57 Å². The van der Waals surface area contributed by atoms with Crippen LogP contribution in [0.25, 0.3) is 4.85 Å². The van der Waals surface area contributed by atoms with E-state index < -0.39 is 5.67 Å². The smallest absolute Gasteiger partial charge is 0.189 e. The summed E-state index contributed by atoms with van der Waals surface area (Å²) < 4.78 is 14.9. The summed E-state index contributed by atoms with van der Waals surface area (Å²) in [4.78, 5) is 8.11. The molecule has 1 aliphatic rings. The first-order chi connectivity index (χ1) is 14.5. The molecule has 0 saturated carbocycles. The van der Waals surface area contributed by atoms with Crippen LogP contribution in [-0.4, -0.2) is 6.17 Å². The van der Waals surface area contributed by atoms with E-state index in [1.54, 1.807) is 13.8 Å². The molecule has 3 nitrogen and oxygen atoms in total. The molecule has 0 unspecified atom stereocenters. The Bertz CT molecular complexity index is 1010. The van der Waals surface area contributed by atoms with Crippen LogP contribution in [0.5, 0.6) is 0 Å². The highest BCUT2D eigenvalue weighted by atomic mass is 19.1. The third-order valence-electron chi connectivity index (χ3n) is 6.15. The van der Waals surface area contributed by atoms with Crippen LogP contribution in [0.4, 0.5) is 21.5 Å². The Kier molecular flexibility index (Phi) is 6.18. The van der Waals surface area contributed by atoms with Crippen molar-refractivity contribution in [3.8, 4) is 0 Å². The van der Waals surface area contributed by atoms with Crippen LogP contribution >= 0.6 is 0 Å². The molecule has 0 spiro atoms. The zero-order valence-electron chi connectivity index (χ0n) is 20.0. The SMILES string of the molecule is [C-]#[N+]c1ccc(C)c(N2C=CN(c3c(C(C)C)cc(C(C)(C)F)cc3C(C)C)[C@@H]2C)c1. The lowest BCUT2D eigenvalue weighted by Gasteiger charge is -2.35.